The van der Waals surface area contributed by atoms with Gasteiger partial charge in [-0.1, -0.05) is 13.8 Å². The highest BCUT2D eigenvalue weighted by atomic mass is 16.6. The second-order valence-electron chi connectivity index (χ2n) is 10.3. The second-order valence-corrected chi connectivity index (χ2v) is 10.3. The molecule has 0 aromatic rings. The zero-order chi connectivity index (χ0) is 19.0. The van der Waals surface area contributed by atoms with Gasteiger partial charge in [0.1, 0.15) is 0 Å². The third kappa shape index (κ3) is 2.49. The van der Waals surface area contributed by atoms with Crippen LogP contribution in [0.15, 0.2) is 11.3 Å². The van der Waals surface area contributed by atoms with Crippen molar-refractivity contribution < 1.29 is 14.5 Å². The quantitative estimate of drug-likeness (QED) is 0.532. The number of rotatable bonds is 3. The predicted octanol–water partition coefficient (Wildman–Crippen LogP) is 4.67. The highest BCUT2D eigenvalue weighted by molar-refractivity contribution is 5.95. The number of hydrogen-bond acceptors (Lipinski definition) is 4. The van der Waals surface area contributed by atoms with Crippen LogP contribution in [-0.4, -0.2) is 22.9 Å². The number of Topliss-reactive ketones (excluding diaryl/α,β-unsaturated/α-hetero) is 1. The Bertz CT molecular complexity index is 726. The van der Waals surface area contributed by atoms with E-state index in [4.69, 9.17) is 4.74 Å². The van der Waals surface area contributed by atoms with E-state index in [1.54, 1.807) is 0 Å². The summed E-state index contributed by atoms with van der Waals surface area (Å²) in [5.41, 5.74) is 0.933. The number of carbonyl (C=O) groups is 1. The van der Waals surface area contributed by atoms with Crippen LogP contribution in [0.3, 0.4) is 0 Å². The molecule has 4 fully saturated rings. The summed E-state index contributed by atoms with van der Waals surface area (Å²) >= 11 is 0. The lowest BCUT2D eigenvalue weighted by Gasteiger charge is -2.57. The van der Waals surface area contributed by atoms with Crippen molar-refractivity contribution >= 4 is 5.78 Å². The van der Waals surface area contributed by atoms with Gasteiger partial charge in [0.05, 0.1) is 17.1 Å². The standard InChI is InChI=1S/C22H31NO4/c1-21-12-10-18(24)20(23(25)26)17(21)6-5-14-15-7-8-19(27-13-3-4-13)22(15,2)11-9-16(14)21/h13-16,19H,3-12H2,1-2H3/t14-,15-,16+,19?,21+,22-/m0/s1. The van der Waals surface area contributed by atoms with Gasteiger partial charge in [0, 0.05) is 12.0 Å². The molecule has 5 heteroatoms. The van der Waals surface area contributed by atoms with Crippen LogP contribution in [0.2, 0.25) is 0 Å². The van der Waals surface area contributed by atoms with Crippen molar-refractivity contribution in [3.63, 3.8) is 0 Å². The largest absolute Gasteiger partial charge is 0.374 e. The van der Waals surface area contributed by atoms with Crippen LogP contribution < -0.4 is 0 Å². The zero-order valence-corrected chi connectivity index (χ0v) is 16.5. The molecule has 0 radical (unpaired) electrons. The van der Waals surface area contributed by atoms with Gasteiger partial charge in [-0.25, -0.2) is 0 Å². The van der Waals surface area contributed by atoms with Crippen LogP contribution in [0, 0.1) is 38.7 Å². The lowest BCUT2D eigenvalue weighted by molar-refractivity contribution is -0.422. The molecule has 0 aromatic carbocycles. The van der Waals surface area contributed by atoms with Gasteiger partial charge in [0.25, 0.3) is 0 Å². The molecule has 1 unspecified atom stereocenters. The van der Waals surface area contributed by atoms with Crippen molar-refractivity contribution in [1.29, 1.82) is 0 Å². The van der Waals surface area contributed by atoms with Crippen LogP contribution in [0.25, 0.3) is 0 Å². The molecular weight excluding hydrogens is 342 g/mol. The minimum atomic E-state index is -0.391. The molecule has 0 spiro atoms. The Morgan fingerprint density at radius 3 is 2.48 bits per heavy atom. The Balaban J connectivity index is 1.47. The highest BCUT2D eigenvalue weighted by Crippen LogP contribution is 2.66. The highest BCUT2D eigenvalue weighted by Gasteiger charge is 2.61. The zero-order valence-electron chi connectivity index (χ0n) is 16.5. The lowest BCUT2D eigenvalue weighted by atomic mass is 9.47. The molecule has 5 rings (SSSR count). The van der Waals surface area contributed by atoms with Crippen molar-refractivity contribution in [3.8, 4) is 0 Å². The van der Waals surface area contributed by atoms with Crippen molar-refractivity contribution in [1.82, 2.24) is 0 Å². The topological polar surface area (TPSA) is 69.4 Å². The first-order chi connectivity index (χ1) is 12.8. The fourth-order valence-electron chi connectivity index (χ4n) is 7.51. The summed E-state index contributed by atoms with van der Waals surface area (Å²) < 4.78 is 6.43. The van der Waals surface area contributed by atoms with Crippen LogP contribution in [0.4, 0.5) is 0 Å². The lowest BCUT2D eigenvalue weighted by Crippen LogP contribution is -2.52. The number of nitro groups is 1. The predicted molar refractivity (Wildman–Crippen MR) is 101 cm³/mol. The Morgan fingerprint density at radius 1 is 1.00 bits per heavy atom. The number of hydrogen-bond donors (Lipinski definition) is 0. The van der Waals surface area contributed by atoms with Gasteiger partial charge < -0.3 is 4.74 Å². The number of carbonyl (C=O) groups excluding carboxylic acids is 1. The molecule has 148 valence electrons. The molecule has 0 amide bonds. The summed E-state index contributed by atoms with van der Waals surface area (Å²) in [6.45, 7) is 4.68. The fourth-order valence-corrected chi connectivity index (χ4v) is 7.51. The molecule has 27 heavy (non-hydrogen) atoms. The monoisotopic (exact) mass is 373 g/mol. The molecule has 6 atom stereocenters. The molecular formula is C22H31NO4. The maximum atomic E-state index is 12.3. The normalized spacial score (nSPS) is 46.7. The number of fused-ring (bicyclic) bond motifs is 5. The second kappa shape index (κ2) is 5.88. The van der Waals surface area contributed by atoms with E-state index in [-0.39, 0.29) is 22.3 Å². The summed E-state index contributed by atoms with van der Waals surface area (Å²) in [6.07, 6.45) is 11.0. The molecule has 0 bridgehead atoms. The Morgan fingerprint density at radius 2 is 1.78 bits per heavy atom. The van der Waals surface area contributed by atoms with Gasteiger partial charge >= 0.3 is 5.70 Å². The van der Waals surface area contributed by atoms with Crippen LogP contribution in [0.1, 0.15) is 78.1 Å². The molecule has 5 aliphatic carbocycles. The van der Waals surface area contributed by atoms with E-state index in [9.17, 15) is 14.9 Å². The van der Waals surface area contributed by atoms with E-state index in [0.29, 0.717) is 36.4 Å². The Labute approximate surface area is 161 Å². The summed E-state index contributed by atoms with van der Waals surface area (Å²) in [5.74, 6) is 1.55. The molecule has 0 N–H and O–H groups in total. The van der Waals surface area contributed by atoms with E-state index >= 15 is 0 Å². The van der Waals surface area contributed by atoms with Crippen molar-refractivity contribution in [2.24, 2.45) is 28.6 Å². The van der Waals surface area contributed by atoms with E-state index in [2.05, 4.69) is 13.8 Å². The van der Waals surface area contributed by atoms with Gasteiger partial charge in [-0.2, -0.15) is 0 Å². The minimum Gasteiger partial charge on any atom is -0.374 e. The van der Waals surface area contributed by atoms with E-state index in [1.165, 1.54) is 32.1 Å². The average Bonchev–Trinajstić information content (AvgIpc) is 3.37. The molecule has 0 saturated heterocycles. The smallest absolute Gasteiger partial charge is 0.311 e. The van der Waals surface area contributed by atoms with Gasteiger partial charge in [-0.05, 0) is 86.4 Å². The summed E-state index contributed by atoms with van der Waals surface area (Å²) in [6, 6.07) is 0. The Kier molecular flexibility index (Phi) is 3.89. The minimum absolute atomic E-state index is 0.0584. The Hall–Kier alpha value is -1.23. The van der Waals surface area contributed by atoms with Gasteiger partial charge in [0.2, 0.25) is 5.78 Å². The number of nitrogens with zero attached hydrogens (tertiary/aromatic N) is 1. The van der Waals surface area contributed by atoms with Gasteiger partial charge in [-0.15, -0.1) is 0 Å². The number of ketones is 1. The SMILES string of the molecule is C[C@]12CCC(=O)C([N+](=O)[O-])=C1CC[C@@H]1[C@H]2CC[C@]2(C)C(OC3CC3)CC[C@@H]12. The molecule has 0 heterocycles. The van der Waals surface area contributed by atoms with Crippen LogP contribution in [0.5, 0.6) is 0 Å². The van der Waals surface area contributed by atoms with Crippen molar-refractivity contribution in [2.45, 2.75) is 90.3 Å². The first-order valence-corrected chi connectivity index (χ1v) is 10.9. The van der Waals surface area contributed by atoms with Crippen LogP contribution >= 0.6 is 0 Å². The summed E-state index contributed by atoms with van der Waals surface area (Å²) in [7, 11) is 0. The third-order valence-corrected chi connectivity index (χ3v) is 9.07. The molecule has 4 saturated carbocycles. The maximum absolute atomic E-state index is 12.3. The molecule has 5 nitrogen and oxygen atoms in total. The molecule has 0 aliphatic heterocycles. The van der Waals surface area contributed by atoms with E-state index < -0.39 is 4.92 Å². The summed E-state index contributed by atoms with van der Waals surface area (Å²) in [4.78, 5) is 23.5. The van der Waals surface area contributed by atoms with Gasteiger partial charge in [-0.3, -0.25) is 14.9 Å². The number of allylic oxidation sites excluding steroid dienone is 1. The van der Waals surface area contributed by atoms with Crippen molar-refractivity contribution in [3.05, 3.63) is 21.4 Å². The fraction of sp³-hybridized carbons (Fsp3) is 0.864. The first-order valence-electron chi connectivity index (χ1n) is 10.9. The van der Waals surface area contributed by atoms with Crippen molar-refractivity contribution in [2.75, 3.05) is 0 Å². The third-order valence-electron chi connectivity index (χ3n) is 9.07. The molecule has 5 aliphatic rings. The molecule has 0 aromatic heterocycles. The number of ether oxygens (including phenoxy) is 1. The average molecular weight is 373 g/mol. The van der Waals surface area contributed by atoms with E-state index in [1.807, 2.05) is 0 Å². The van der Waals surface area contributed by atoms with E-state index in [0.717, 1.165) is 31.3 Å². The maximum Gasteiger partial charge on any atom is 0.311 e. The summed E-state index contributed by atoms with van der Waals surface area (Å²) in [5, 5.41) is 11.6. The van der Waals surface area contributed by atoms with Gasteiger partial charge in [0.15, 0.2) is 0 Å². The van der Waals surface area contributed by atoms with Crippen LogP contribution in [-0.2, 0) is 9.53 Å². The first kappa shape index (κ1) is 17.8.